The zero-order valence-electron chi connectivity index (χ0n) is 13.8. The minimum absolute atomic E-state index is 0.107. The second-order valence-corrected chi connectivity index (χ2v) is 8.19. The summed E-state index contributed by atoms with van der Waals surface area (Å²) in [4.78, 5) is 0. The highest BCUT2D eigenvalue weighted by molar-refractivity contribution is 5.40. The molecule has 2 heteroatoms. The van der Waals surface area contributed by atoms with Crippen LogP contribution in [0.1, 0.15) is 63.0 Å². The van der Waals surface area contributed by atoms with Crippen molar-refractivity contribution in [1.82, 2.24) is 0 Å². The smallest absolute Gasteiger partial charge is 0.115 e. The Labute approximate surface area is 133 Å². The van der Waals surface area contributed by atoms with E-state index in [0.717, 1.165) is 25.2 Å². The second-order valence-electron chi connectivity index (χ2n) is 8.19. The molecule has 0 aromatic heterocycles. The number of aromatic hydroxyl groups is 1. The SMILES string of the molecule is CC[C@@H]1CC2C3CCc4cc(O)ccc4C3CC[C@]2(C)[C@H]1O. The molecule has 4 rings (SSSR count). The maximum Gasteiger partial charge on any atom is 0.115 e. The molecule has 2 saturated carbocycles. The van der Waals surface area contributed by atoms with Crippen molar-refractivity contribution in [2.45, 2.75) is 64.4 Å². The molecule has 0 aliphatic heterocycles. The van der Waals surface area contributed by atoms with E-state index in [1.54, 1.807) is 0 Å². The second kappa shape index (κ2) is 4.99. The number of hydrogen-bond acceptors (Lipinski definition) is 2. The van der Waals surface area contributed by atoms with Gasteiger partial charge < -0.3 is 10.2 Å². The fourth-order valence-electron chi connectivity index (χ4n) is 6.11. The summed E-state index contributed by atoms with van der Waals surface area (Å²) >= 11 is 0. The molecular formula is C20H28O2. The van der Waals surface area contributed by atoms with E-state index in [1.165, 1.54) is 30.4 Å². The minimum Gasteiger partial charge on any atom is -0.508 e. The Morgan fingerprint density at radius 1 is 1.27 bits per heavy atom. The molecule has 22 heavy (non-hydrogen) atoms. The number of rotatable bonds is 1. The van der Waals surface area contributed by atoms with Gasteiger partial charge in [-0.3, -0.25) is 0 Å². The van der Waals surface area contributed by atoms with Gasteiger partial charge in [-0.2, -0.15) is 0 Å². The molecule has 0 spiro atoms. The highest BCUT2D eigenvalue weighted by atomic mass is 16.3. The molecule has 0 bridgehead atoms. The van der Waals surface area contributed by atoms with E-state index in [-0.39, 0.29) is 11.5 Å². The van der Waals surface area contributed by atoms with Crippen molar-refractivity contribution in [2.75, 3.05) is 0 Å². The number of aryl methyl sites for hydroxylation is 1. The standard InChI is InChI=1S/C20H28O2/c1-3-12-11-18-17-6-4-13-10-14(21)5-7-15(13)16(17)8-9-20(18,2)19(12)22/h5,7,10,12,16-19,21-22H,3-4,6,8-9,11H2,1-2H3/t12-,16?,17?,18?,19+,20+/m1/s1. The molecule has 1 aromatic rings. The van der Waals surface area contributed by atoms with Crippen LogP contribution in [-0.2, 0) is 6.42 Å². The van der Waals surface area contributed by atoms with Gasteiger partial charge in [0.1, 0.15) is 5.75 Å². The molecule has 2 nitrogen and oxygen atoms in total. The topological polar surface area (TPSA) is 40.5 Å². The summed E-state index contributed by atoms with van der Waals surface area (Å²) in [5.41, 5.74) is 2.97. The summed E-state index contributed by atoms with van der Waals surface area (Å²) < 4.78 is 0. The van der Waals surface area contributed by atoms with Crippen molar-refractivity contribution in [1.29, 1.82) is 0 Å². The van der Waals surface area contributed by atoms with E-state index >= 15 is 0 Å². The molecule has 3 aliphatic carbocycles. The molecule has 2 fully saturated rings. The zero-order valence-corrected chi connectivity index (χ0v) is 13.8. The molecule has 0 radical (unpaired) electrons. The first kappa shape index (κ1) is 14.6. The maximum atomic E-state index is 10.8. The van der Waals surface area contributed by atoms with Gasteiger partial charge in [-0.15, -0.1) is 0 Å². The Kier molecular flexibility index (Phi) is 3.30. The highest BCUT2D eigenvalue weighted by Crippen LogP contribution is 2.62. The van der Waals surface area contributed by atoms with Crippen LogP contribution in [0.3, 0.4) is 0 Å². The summed E-state index contributed by atoms with van der Waals surface area (Å²) in [5, 5.41) is 20.6. The van der Waals surface area contributed by atoms with Crippen LogP contribution in [-0.4, -0.2) is 16.3 Å². The molecule has 0 saturated heterocycles. The Morgan fingerprint density at radius 2 is 2.09 bits per heavy atom. The Hall–Kier alpha value is -1.02. The van der Waals surface area contributed by atoms with E-state index in [2.05, 4.69) is 19.9 Å². The van der Waals surface area contributed by atoms with Crippen LogP contribution in [0.15, 0.2) is 18.2 Å². The van der Waals surface area contributed by atoms with Crippen LogP contribution < -0.4 is 0 Å². The first-order valence-corrected chi connectivity index (χ1v) is 9.04. The Bertz CT molecular complexity index is 581. The largest absolute Gasteiger partial charge is 0.508 e. The third-order valence-corrected chi connectivity index (χ3v) is 7.35. The quantitative estimate of drug-likeness (QED) is 0.814. The summed E-state index contributed by atoms with van der Waals surface area (Å²) in [5.74, 6) is 2.94. The van der Waals surface area contributed by atoms with Gasteiger partial charge >= 0.3 is 0 Å². The van der Waals surface area contributed by atoms with E-state index in [0.29, 0.717) is 23.5 Å². The van der Waals surface area contributed by atoms with Crippen LogP contribution in [0.2, 0.25) is 0 Å². The lowest BCUT2D eigenvalue weighted by Gasteiger charge is -2.50. The normalized spacial score (nSPS) is 43.3. The van der Waals surface area contributed by atoms with Gasteiger partial charge in [-0.1, -0.05) is 26.3 Å². The predicted octanol–water partition coefficient (Wildman–Crippen LogP) is 4.25. The van der Waals surface area contributed by atoms with E-state index in [1.807, 2.05) is 12.1 Å². The van der Waals surface area contributed by atoms with E-state index in [9.17, 15) is 10.2 Å². The van der Waals surface area contributed by atoms with Crippen molar-refractivity contribution in [2.24, 2.45) is 23.2 Å². The summed E-state index contributed by atoms with van der Waals surface area (Å²) in [6.07, 6.45) is 6.87. The van der Waals surface area contributed by atoms with Crippen molar-refractivity contribution in [3.63, 3.8) is 0 Å². The predicted molar refractivity (Wildman–Crippen MR) is 87.9 cm³/mol. The molecule has 0 amide bonds. The molecule has 1 aromatic carbocycles. The Morgan fingerprint density at radius 3 is 2.86 bits per heavy atom. The molecule has 3 aliphatic rings. The maximum absolute atomic E-state index is 10.8. The van der Waals surface area contributed by atoms with Gasteiger partial charge in [0.2, 0.25) is 0 Å². The third kappa shape index (κ3) is 1.89. The van der Waals surface area contributed by atoms with E-state index in [4.69, 9.17) is 0 Å². The van der Waals surface area contributed by atoms with Gasteiger partial charge in [-0.25, -0.2) is 0 Å². The van der Waals surface area contributed by atoms with Gasteiger partial charge in [0.25, 0.3) is 0 Å². The van der Waals surface area contributed by atoms with Crippen LogP contribution in [0.5, 0.6) is 5.75 Å². The molecule has 2 N–H and O–H groups in total. The highest BCUT2D eigenvalue weighted by Gasteiger charge is 2.57. The van der Waals surface area contributed by atoms with Crippen molar-refractivity contribution >= 4 is 0 Å². The number of hydrogen-bond donors (Lipinski definition) is 2. The number of benzene rings is 1. The molecule has 3 unspecified atom stereocenters. The molecular weight excluding hydrogens is 272 g/mol. The molecule has 120 valence electrons. The average Bonchev–Trinajstić information content (AvgIpc) is 2.78. The first-order valence-electron chi connectivity index (χ1n) is 9.04. The monoisotopic (exact) mass is 300 g/mol. The number of phenols is 1. The molecule has 6 atom stereocenters. The number of aliphatic hydroxyl groups excluding tert-OH is 1. The lowest BCUT2D eigenvalue weighted by Crippen LogP contribution is -2.44. The van der Waals surface area contributed by atoms with Gasteiger partial charge in [-0.05, 0) is 84.5 Å². The van der Waals surface area contributed by atoms with Crippen LogP contribution in [0, 0.1) is 23.2 Å². The number of aliphatic hydroxyl groups is 1. The van der Waals surface area contributed by atoms with Crippen molar-refractivity contribution < 1.29 is 10.2 Å². The molecule has 0 heterocycles. The van der Waals surface area contributed by atoms with Crippen LogP contribution >= 0.6 is 0 Å². The number of phenolic OH excluding ortho intramolecular Hbond substituents is 1. The van der Waals surface area contributed by atoms with Crippen molar-refractivity contribution in [3.05, 3.63) is 29.3 Å². The minimum atomic E-state index is -0.107. The average molecular weight is 300 g/mol. The van der Waals surface area contributed by atoms with Crippen LogP contribution in [0.4, 0.5) is 0 Å². The summed E-state index contributed by atoms with van der Waals surface area (Å²) in [6.45, 7) is 4.57. The summed E-state index contributed by atoms with van der Waals surface area (Å²) in [7, 11) is 0. The zero-order chi connectivity index (χ0) is 15.5. The fraction of sp³-hybridized carbons (Fsp3) is 0.700. The van der Waals surface area contributed by atoms with Gasteiger partial charge in [0, 0.05) is 0 Å². The lowest BCUT2D eigenvalue weighted by molar-refractivity contribution is -0.0329. The van der Waals surface area contributed by atoms with Crippen molar-refractivity contribution in [3.8, 4) is 5.75 Å². The van der Waals surface area contributed by atoms with Gasteiger partial charge in [0.15, 0.2) is 0 Å². The van der Waals surface area contributed by atoms with Crippen LogP contribution in [0.25, 0.3) is 0 Å². The lowest BCUT2D eigenvalue weighted by atomic mass is 9.55. The van der Waals surface area contributed by atoms with E-state index < -0.39 is 0 Å². The summed E-state index contributed by atoms with van der Waals surface area (Å²) in [6, 6.07) is 5.98. The first-order chi connectivity index (χ1) is 10.5. The Balaban J connectivity index is 1.69. The van der Waals surface area contributed by atoms with Gasteiger partial charge in [0.05, 0.1) is 6.10 Å². The number of fused-ring (bicyclic) bond motifs is 5. The fourth-order valence-corrected chi connectivity index (χ4v) is 6.11. The third-order valence-electron chi connectivity index (χ3n) is 7.35.